The van der Waals surface area contributed by atoms with Crippen molar-refractivity contribution in [3.05, 3.63) is 99.2 Å². The van der Waals surface area contributed by atoms with Crippen molar-refractivity contribution in [1.82, 2.24) is 5.32 Å². The van der Waals surface area contributed by atoms with E-state index in [9.17, 15) is 14.9 Å². The van der Waals surface area contributed by atoms with Gasteiger partial charge in [0.1, 0.15) is 23.8 Å². The summed E-state index contributed by atoms with van der Waals surface area (Å²) in [6, 6.07) is 19.3. The van der Waals surface area contributed by atoms with Gasteiger partial charge < -0.3 is 14.8 Å². The van der Waals surface area contributed by atoms with Gasteiger partial charge in [0, 0.05) is 17.2 Å². The predicted molar refractivity (Wildman–Crippen MR) is 133 cm³/mol. The number of anilines is 1. The van der Waals surface area contributed by atoms with Gasteiger partial charge in [-0.25, -0.2) is 0 Å². The van der Waals surface area contributed by atoms with Crippen LogP contribution in [0.1, 0.15) is 16.7 Å². The summed E-state index contributed by atoms with van der Waals surface area (Å²) in [7, 11) is 1.56. The van der Waals surface area contributed by atoms with Crippen LogP contribution in [0.15, 0.2) is 72.4 Å². The molecule has 0 bridgehead atoms. The summed E-state index contributed by atoms with van der Waals surface area (Å²) in [5.41, 5.74) is 3.11. The number of benzene rings is 3. The minimum Gasteiger partial charge on any atom is -0.496 e. The molecule has 0 spiro atoms. The Balaban J connectivity index is 1.55. The van der Waals surface area contributed by atoms with Gasteiger partial charge in [0.15, 0.2) is 5.11 Å². The number of hydrogen-bond acceptors (Lipinski definition) is 6. The van der Waals surface area contributed by atoms with Gasteiger partial charge in [0.25, 0.3) is 11.6 Å². The van der Waals surface area contributed by atoms with Gasteiger partial charge in [-0.3, -0.25) is 19.8 Å². The molecule has 1 amide bonds. The molecule has 1 heterocycles. The molecule has 0 aliphatic carbocycles. The second-order valence-corrected chi connectivity index (χ2v) is 7.92. The van der Waals surface area contributed by atoms with Crippen molar-refractivity contribution >= 4 is 40.7 Å². The van der Waals surface area contributed by atoms with E-state index in [1.165, 1.54) is 11.0 Å². The summed E-state index contributed by atoms with van der Waals surface area (Å²) in [6.07, 6.45) is 1.72. The second kappa shape index (κ2) is 9.72. The number of hydrogen-bond donors (Lipinski definition) is 1. The quantitative estimate of drug-likeness (QED) is 0.228. The van der Waals surface area contributed by atoms with Crippen LogP contribution in [0.25, 0.3) is 6.08 Å². The zero-order valence-corrected chi connectivity index (χ0v) is 19.3. The minimum atomic E-state index is -0.429. The third-order valence-electron chi connectivity index (χ3n) is 5.27. The Hall–Kier alpha value is -4.24. The number of thiocarbonyl (C=S) groups is 1. The number of carbonyl (C=O) groups excluding carboxylic acids is 1. The molecule has 1 aliphatic heterocycles. The van der Waals surface area contributed by atoms with Crippen LogP contribution in [0.3, 0.4) is 0 Å². The first-order chi connectivity index (χ1) is 16.4. The van der Waals surface area contributed by atoms with Crippen LogP contribution >= 0.6 is 12.2 Å². The summed E-state index contributed by atoms with van der Waals surface area (Å²) >= 11 is 5.36. The van der Waals surface area contributed by atoms with Gasteiger partial charge in [-0.2, -0.15) is 0 Å². The molecule has 1 saturated heterocycles. The summed E-state index contributed by atoms with van der Waals surface area (Å²) in [4.78, 5) is 25.0. The van der Waals surface area contributed by atoms with E-state index >= 15 is 0 Å². The first kappa shape index (κ1) is 22.9. The van der Waals surface area contributed by atoms with Crippen LogP contribution in [0.5, 0.6) is 11.5 Å². The van der Waals surface area contributed by atoms with Gasteiger partial charge in [-0.1, -0.05) is 24.3 Å². The highest BCUT2D eigenvalue weighted by Crippen LogP contribution is 2.27. The topological polar surface area (TPSA) is 93.9 Å². The van der Waals surface area contributed by atoms with Crippen LogP contribution in [0.4, 0.5) is 11.4 Å². The van der Waals surface area contributed by atoms with E-state index in [0.29, 0.717) is 33.6 Å². The number of nitro benzene ring substituents is 1. The molecule has 0 unspecified atom stereocenters. The normalized spacial score (nSPS) is 14.3. The number of carbonyl (C=O) groups is 1. The Kier molecular flexibility index (Phi) is 6.55. The molecule has 1 fully saturated rings. The lowest BCUT2D eigenvalue weighted by molar-refractivity contribution is -0.385. The molecule has 0 radical (unpaired) electrons. The van der Waals surface area contributed by atoms with E-state index in [0.717, 1.165) is 11.1 Å². The van der Waals surface area contributed by atoms with Crippen molar-refractivity contribution in [3.8, 4) is 11.5 Å². The number of amides is 1. The summed E-state index contributed by atoms with van der Waals surface area (Å²) in [6.45, 7) is 1.83. The average Bonchev–Trinajstić information content (AvgIpc) is 3.10. The van der Waals surface area contributed by atoms with Gasteiger partial charge in [0.2, 0.25) is 0 Å². The Labute approximate surface area is 201 Å². The first-order valence-corrected chi connectivity index (χ1v) is 10.7. The molecule has 4 rings (SSSR count). The van der Waals surface area contributed by atoms with Crippen LogP contribution in [-0.2, 0) is 11.4 Å². The van der Waals surface area contributed by atoms with Crippen LogP contribution in [-0.4, -0.2) is 23.1 Å². The fourth-order valence-corrected chi connectivity index (χ4v) is 3.90. The number of aryl methyl sites for hydroxylation is 1. The van der Waals surface area contributed by atoms with Crippen molar-refractivity contribution in [2.75, 3.05) is 12.0 Å². The number of para-hydroxylation sites is 1. The van der Waals surface area contributed by atoms with Gasteiger partial charge in [0.05, 0.1) is 17.7 Å². The number of nitrogens with one attached hydrogen (secondary N) is 1. The van der Waals surface area contributed by atoms with Crippen molar-refractivity contribution < 1.29 is 19.2 Å². The Bertz CT molecular complexity index is 1310. The molecule has 1 aliphatic rings. The average molecular weight is 476 g/mol. The molecule has 0 saturated carbocycles. The van der Waals surface area contributed by atoms with Gasteiger partial charge in [-0.05, 0) is 67.2 Å². The van der Waals surface area contributed by atoms with E-state index in [4.69, 9.17) is 21.7 Å². The Morgan fingerprint density at radius 1 is 1.12 bits per heavy atom. The largest absolute Gasteiger partial charge is 0.496 e. The number of rotatable bonds is 7. The third kappa shape index (κ3) is 4.74. The molecule has 3 aromatic carbocycles. The molecule has 172 valence electrons. The van der Waals surface area contributed by atoms with E-state index in [1.807, 2.05) is 42.5 Å². The van der Waals surface area contributed by atoms with Gasteiger partial charge in [-0.15, -0.1) is 0 Å². The first-order valence-electron chi connectivity index (χ1n) is 10.3. The highest BCUT2D eigenvalue weighted by atomic mass is 32.1. The molecule has 3 aromatic rings. The number of ether oxygens (including phenoxy) is 2. The Morgan fingerprint density at radius 2 is 1.88 bits per heavy atom. The van der Waals surface area contributed by atoms with Crippen molar-refractivity contribution in [3.63, 3.8) is 0 Å². The predicted octanol–water partition coefficient (Wildman–Crippen LogP) is 4.75. The van der Waals surface area contributed by atoms with Crippen LogP contribution in [0, 0.1) is 17.0 Å². The van der Waals surface area contributed by atoms with Crippen molar-refractivity contribution in [1.29, 1.82) is 0 Å². The van der Waals surface area contributed by atoms with Crippen molar-refractivity contribution in [2.45, 2.75) is 13.5 Å². The van der Waals surface area contributed by atoms with Gasteiger partial charge >= 0.3 is 0 Å². The third-order valence-corrected chi connectivity index (χ3v) is 5.55. The SMILES string of the molecule is COc1ccc(/C=C2/NC(=S)N(c3ccccc3)C2=O)cc1COc1ccc([N+](=O)[O-])c(C)c1. The standard InChI is InChI=1S/C25H21N3O5S/c1-16-12-20(9-10-22(16)28(30)31)33-15-18-13-17(8-11-23(18)32-2)14-21-24(29)27(25(34)26-21)19-6-4-3-5-7-19/h3-14H,15H2,1-2H3,(H,26,34)/b21-14+. The molecule has 1 N–H and O–H groups in total. The van der Waals surface area contributed by atoms with E-state index < -0.39 is 4.92 Å². The molecule has 0 atom stereocenters. The minimum absolute atomic E-state index is 0.0368. The van der Waals surface area contributed by atoms with Crippen LogP contribution in [0.2, 0.25) is 0 Å². The maximum atomic E-state index is 13.0. The maximum Gasteiger partial charge on any atom is 0.281 e. The zero-order valence-electron chi connectivity index (χ0n) is 18.5. The molecule has 8 nitrogen and oxygen atoms in total. The summed E-state index contributed by atoms with van der Waals surface area (Å²) < 4.78 is 11.3. The molecular formula is C25H21N3O5S. The number of nitro groups is 1. The van der Waals surface area contributed by atoms with E-state index in [2.05, 4.69) is 5.32 Å². The molecule has 0 aromatic heterocycles. The van der Waals surface area contributed by atoms with E-state index in [1.54, 1.807) is 38.3 Å². The number of methoxy groups -OCH3 is 1. The van der Waals surface area contributed by atoms with E-state index in [-0.39, 0.29) is 18.2 Å². The molecule has 34 heavy (non-hydrogen) atoms. The lowest BCUT2D eigenvalue weighted by Crippen LogP contribution is -2.30. The fraction of sp³-hybridized carbons (Fsp3) is 0.120. The molecule has 9 heteroatoms. The molecular weight excluding hydrogens is 454 g/mol. The monoisotopic (exact) mass is 475 g/mol. The highest BCUT2D eigenvalue weighted by molar-refractivity contribution is 7.80. The lowest BCUT2D eigenvalue weighted by atomic mass is 10.1. The lowest BCUT2D eigenvalue weighted by Gasteiger charge is -2.13. The Morgan fingerprint density at radius 3 is 2.56 bits per heavy atom. The summed E-state index contributed by atoms with van der Waals surface area (Å²) in [5.74, 6) is 0.879. The summed E-state index contributed by atoms with van der Waals surface area (Å²) in [5, 5.41) is 14.3. The smallest absolute Gasteiger partial charge is 0.281 e. The van der Waals surface area contributed by atoms with Crippen LogP contribution < -0.4 is 19.7 Å². The zero-order chi connectivity index (χ0) is 24.2. The fourth-order valence-electron chi connectivity index (χ4n) is 3.60. The van der Waals surface area contributed by atoms with Crippen molar-refractivity contribution in [2.24, 2.45) is 0 Å². The number of nitrogens with zero attached hydrogens (tertiary/aromatic N) is 2. The highest BCUT2D eigenvalue weighted by Gasteiger charge is 2.31. The maximum absolute atomic E-state index is 13.0. The second-order valence-electron chi connectivity index (χ2n) is 7.53.